The van der Waals surface area contributed by atoms with Gasteiger partial charge in [0.1, 0.15) is 10.6 Å². The monoisotopic (exact) mass is 387 g/mol. The summed E-state index contributed by atoms with van der Waals surface area (Å²) in [7, 11) is -3.98. The predicted molar refractivity (Wildman–Crippen MR) is 91.9 cm³/mol. The van der Waals surface area contributed by atoms with Gasteiger partial charge in [0.2, 0.25) is 15.9 Å². The van der Waals surface area contributed by atoms with E-state index in [0.717, 1.165) is 19.3 Å². The first kappa shape index (κ1) is 20.4. The van der Waals surface area contributed by atoms with Crippen molar-refractivity contribution in [3.05, 3.63) is 11.5 Å². The second kappa shape index (κ2) is 7.75. The summed E-state index contributed by atoms with van der Waals surface area (Å²) in [5, 5.41) is 15.7. The summed E-state index contributed by atoms with van der Waals surface area (Å²) < 4.78 is 32.0. The number of hydrogen-bond donors (Lipinski definition) is 3. The van der Waals surface area contributed by atoms with Crippen molar-refractivity contribution in [1.82, 2.24) is 15.2 Å². The number of aryl methyl sites for hydroxylation is 2. The zero-order valence-electron chi connectivity index (χ0n) is 15.2. The molecule has 10 heteroatoms. The molecule has 1 saturated carbocycles. The summed E-state index contributed by atoms with van der Waals surface area (Å²) in [6.07, 6.45) is 3.59. The maximum Gasteiger partial charge on any atom is 0.311 e. The molecule has 0 aromatic carbocycles. The van der Waals surface area contributed by atoms with E-state index < -0.39 is 33.4 Å². The van der Waals surface area contributed by atoms with E-state index in [1.54, 1.807) is 0 Å². The van der Waals surface area contributed by atoms with E-state index in [4.69, 9.17) is 4.52 Å². The molecule has 1 atom stereocenters. The lowest BCUT2D eigenvalue weighted by atomic mass is 9.74. The Morgan fingerprint density at radius 3 is 2.38 bits per heavy atom. The molecular formula is C16H25N3O6S. The smallest absolute Gasteiger partial charge is 0.311 e. The van der Waals surface area contributed by atoms with E-state index in [9.17, 15) is 23.1 Å². The summed E-state index contributed by atoms with van der Waals surface area (Å²) in [4.78, 5) is 23.8. The van der Waals surface area contributed by atoms with Gasteiger partial charge < -0.3 is 14.9 Å². The molecule has 0 radical (unpaired) electrons. The lowest BCUT2D eigenvalue weighted by Gasteiger charge is -2.33. The second-order valence-electron chi connectivity index (χ2n) is 6.86. The zero-order valence-corrected chi connectivity index (χ0v) is 16.0. The van der Waals surface area contributed by atoms with Gasteiger partial charge in [-0.2, -0.15) is 4.72 Å². The quantitative estimate of drug-likeness (QED) is 0.637. The maximum atomic E-state index is 12.4. The highest BCUT2D eigenvalue weighted by atomic mass is 32.2. The summed E-state index contributed by atoms with van der Waals surface area (Å²) in [5.41, 5.74) is -0.775. The molecule has 1 aliphatic rings. The molecule has 146 valence electrons. The molecule has 0 spiro atoms. The third-order valence-electron chi connectivity index (χ3n) is 4.83. The lowest BCUT2D eigenvalue weighted by Crippen LogP contribution is -2.50. The van der Waals surface area contributed by atoms with E-state index in [2.05, 4.69) is 15.2 Å². The number of carboxylic acids is 1. The molecule has 1 heterocycles. The molecule has 9 nitrogen and oxygen atoms in total. The number of aliphatic carboxylic acids is 1. The van der Waals surface area contributed by atoms with E-state index in [1.165, 1.54) is 20.8 Å². The van der Waals surface area contributed by atoms with Crippen LogP contribution in [-0.4, -0.2) is 43.1 Å². The van der Waals surface area contributed by atoms with Gasteiger partial charge in [0.15, 0.2) is 5.76 Å². The summed E-state index contributed by atoms with van der Waals surface area (Å²) in [6.45, 7) is 4.35. The van der Waals surface area contributed by atoms with Crippen LogP contribution < -0.4 is 10.0 Å². The Morgan fingerprint density at radius 2 is 1.88 bits per heavy atom. The van der Waals surface area contributed by atoms with Crippen LogP contribution in [0.2, 0.25) is 0 Å². The molecule has 1 fully saturated rings. The Balaban J connectivity index is 2.02. The molecule has 2 rings (SSSR count). The number of carboxylic acid groups (broad SMARTS) is 1. The Hall–Kier alpha value is -1.94. The number of aromatic nitrogens is 1. The molecule has 1 aliphatic carbocycles. The minimum Gasteiger partial charge on any atom is -0.481 e. The third kappa shape index (κ3) is 4.24. The Kier molecular flexibility index (Phi) is 6.07. The Labute approximate surface area is 152 Å². The molecule has 1 aromatic rings. The summed E-state index contributed by atoms with van der Waals surface area (Å²) >= 11 is 0. The summed E-state index contributed by atoms with van der Waals surface area (Å²) in [6, 6.07) is -1.07. The van der Waals surface area contributed by atoms with Gasteiger partial charge in [-0.15, -0.1) is 0 Å². The fourth-order valence-corrected chi connectivity index (χ4v) is 4.84. The van der Waals surface area contributed by atoms with Gasteiger partial charge >= 0.3 is 5.97 Å². The Morgan fingerprint density at radius 1 is 1.27 bits per heavy atom. The van der Waals surface area contributed by atoms with Crippen LogP contribution in [0.15, 0.2) is 9.42 Å². The number of carbonyl (C=O) groups excluding carboxylic acids is 1. The van der Waals surface area contributed by atoms with Crippen molar-refractivity contribution in [3.8, 4) is 0 Å². The van der Waals surface area contributed by atoms with Crippen LogP contribution in [0.4, 0.5) is 0 Å². The number of rotatable bonds is 7. The van der Waals surface area contributed by atoms with Crippen LogP contribution >= 0.6 is 0 Å². The van der Waals surface area contributed by atoms with Gasteiger partial charge in [0.05, 0.1) is 11.5 Å². The predicted octanol–water partition coefficient (Wildman–Crippen LogP) is 1.11. The highest BCUT2D eigenvalue weighted by Gasteiger charge is 2.40. The minimum absolute atomic E-state index is 0.0153. The van der Waals surface area contributed by atoms with Crippen molar-refractivity contribution in [2.24, 2.45) is 5.41 Å². The molecule has 1 aromatic heterocycles. The molecule has 26 heavy (non-hydrogen) atoms. The van der Waals surface area contributed by atoms with Crippen molar-refractivity contribution in [2.75, 3.05) is 6.54 Å². The molecule has 0 aliphatic heterocycles. The van der Waals surface area contributed by atoms with Crippen LogP contribution in [0.5, 0.6) is 0 Å². The third-order valence-corrected chi connectivity index (χ3v) is 6.61. The average Bonchev–Trinajstić information content (AvgIpc) is 2.92. The van der Waals surface area contributed by atoms with Crippen molar-refractivity contribution < 1.29 is 27.6 Å². The highest BCUT2D eigenvalue weighted by Crippen LogP contribution is 2.36. The van der Waals surface area contributed by atoms with E-state index in [-0.39, 0.29) is 22.9 Å². The fourth-order valence-electron chi connectivity index (χ4n) is 3.31. The van der Waals surface area contributed by atoms with E-state index in [1.807, 2.05) is 0 Å². The molecular weight excluding hydrogens is 362 g/mol. The zero-order chi connectivity index (χ0) is 19.5. The fraction of sp³-hybridized carbons (Fsp3) is 0.688. The number of amides is 1. The highest BCUT2D eigenvalue weighted by molar-refractivity contribution is 7.89. The van der Waals surface area contributed by atoms with Gasteiger partial charge in [-0.25, -0.2) is 8.42 Å². The van der Waals surface area contributed by atoms with E-state index in [0.29, 0.717) is 12.8 Å². The van der Waals surface area contributed by atoms with E-state index >= 15 is 0 Å². The van der Waals surface area contributed by atoms with Crippen molar-refractivity contribution in [1.29, 1.82) is 0 Å². The topological polar surface area (TPSA) is 139 Å². The number of nitrogens with zero attached hydrogens (tertiary/aromatic N) is 1. The number of carbonyl (C=O) groups is 2. The lowest BCUT2D eigenvalue weighted by molar-refractivity contribution is -0.151. The first-order chi connectivity index (χ1) is 12.1. The first-order valence-corrected chi connectivity index (χ1v) is 10.0. The standard InChI is InChI=1S/C16H25N3O6S/c1-10-13(12(3)25-18-10)26(23,24)19-11(2)14(20)17-9-16(15(21)22)7-5-4-6-8-16/h11,19H,4-9H2,1-3H3,(H,17,20)(H,21,22). The second-order valence-corrected chi connectivity index (χ2v) is 8.51. The normalized spacial score (nSPS) is 18.3. The Bertz CT molecular complexity index is 760. The largest absolute Gasteiger partial charge is 0.481 e. The molecule has 0 saturated heterocycles. The first-order valence-electron chi connectivity index (χ1n) is 8.55. The van der Waals surface area contributed by atoms with Crippen molar-refractivity contribution >= 4 is 21.9 Å². The number of sulfonamides is 1. The molecule has 3 N–H and O–H groups in total. The molecule has 1 unspecified atom stereocenters. The molecule has 1 amide bonds. The number of hydrogen-bond acceptors (Lipinski definition) is 6. The minimum atomic E-state index is -3.98. The maximum absolute atomic E-state index is 12.4. The van der Waals surface area contributed by atoms with Crippen LogP contribution in [0.1, 0.15) is 50.5 Å². The average molecular weight is 387 g/mol. The van der Waals surface area contributed by atoms with Crippen LogP contribution in [0, 0.1) is 19.3 Å². The van der Waals surface area contributed by atoms with Crippen molar-refractivity contribution in [2.45, 2.75) is 63.8 Å². The SMILES string of the molecule is Cc1noc(C)c1S(=O)(=O)NC(C)C(=O)NCC1(C(=O)O)CCCCC1. The van der Waals surface area contributed by atoms with Gasteiger partial charge in [0.25, 0.3) is 0 Å². The molecule has 0 bridgehead atoms. The van der Waals surface area contributed by atoms with Gasteiger partial charge in [-0.3, -0.25) is 9.59 Å². The van der Waals surface area contributed by atoms with Gasteiger partial charge in [0, 0.05) is 6.54 Å². The van der Waals surface area contributed by atoms with Crippen molar-refractivity contribution in [3.63, 3.8) is 0 Å². The summed E-state index contributed by atoms with van der Waals surface area (Å²) in [5.74, 6) is -1.37. The van der Waals surface area contributed by atoms with Crippen LogP contribution in [0.3, 0.4) is 0 Å². The van der Waals surface area contributed by atoms with Crippen LogP contribution in [-0.2, 0) is 19.6 Å². The number of nitrogens with one attached hydrogen (secondary N) is 2. The van der Waals surface area contributed by atoms with Gasteiger partial charge in [-0.05, 0) is 33.6 Å². The van der Waals surface area contributed by atoms with Gasteiger partial charge in [-0.1, -0.05) is 24.4 Å². The van der Waals surface area contributed by atoms with Crippen LogP contribution in [0.25, 0.3) is 0 Å².